The molecule has 0 aromatic rings. The summed E-state index contributed by atoms with van der Waals surface area (Å²) in [7, 11) is 0.865. The monoisotopic (exact) mass is 333 g/mol. The van der Waals surface area contributed by atoms with E-state index in [9.17, 15) is 10.0 Å². The number of rotatable bonds is 5. The van der Waals surface area contributed by atoms with Gasteiger partial charge in [0.05, 0.1) is 5.70 Å². The number of nitrogens with zero attached hydrogens (tertiary/aromatic N) is 2. The van der Waals surface area contributed by atoms with Crippen LogP contribution >= 0.6 is 8.58 Å². The minimum Gasteiger partial charge on any atom is -0.384 e. The summed E-state index contributed by atoms with van der Waals surface area (Å²) in [5.74, 6) is 2.05. The van der Waals surface area contributed by atoms with Crippen LogP contribution in [0.1, 0.15) is 27.2 Å². The molecule has 124 valence electrons. The first kappa shape index (κ1) is 17.6. The van der Waals surface area contributed by atoms with Gasteiger partial charge >= 0.3 is 0 Å². The van der Waals surface area contributed by atoms with Gasteiger partial charge in [0.1, 0.15) is 0 Å². The van der Waals surface area contributed by atoms with E-state index in [0.717, 1.165) is 44.6 Å². The van der Waals surface area contributed by atoms with Gasteiger partial charge in [-0.05, 0) is 33.4 Å². The van der Waals surface area contributed by atoms with Crippen molar-refractivity contribution in [2.75, 3.05) is 19.3 Å². The van der Waals surface area contributed by atoms with Crippen LogP contribution in [0.25, 0.3) is 0 Å². The molecule has 1 atom stereocenters. The molecule has 2 N–H and O–H groups in total. The van der Waals surface area contributed by atoms with Gasteiger partial charge in [-0.25, -0.2) is 0 Å². The number of amides is 1. The number of nitrogens with one attached hydrogen (secondary N) is 1. The number of carbonyl (C=O) groups is 1. The Morgan fingerprint density at radius 1 is 1.48 bits per heavy atom. The van der Waals surface area contributed by atoms with E-state index in [-0.39, 0.29) is 0 Å². The molecule has 1 unspecified atom stereocenters. The summed E-state index contributed by atoms with van der Waals surface area (Å²) < 4.78 is 0. The Labute approximate surface area is 139 Å². The Hall–Kier alpha value is -1.71. The van der Waals surface area contributed by atoms with Gasteiger partial charge < -0.3 is 5.32 Å². The van der Waals surface area contributed by atoms with Crippen LogP contribution in [0.5, 0.6) is 0 Å². The molecule has 0 fully saturated rings. The highest BCUT2D eigenvalue weighted by Gasteiger charge is 2.28. The Morgan fingerprint density at radius 3 is 2.87 bits per heavy atom. The fraction of sp³-hybridized carbons (Fsp3) is 0.412. The highest BCUT2D eigenvalue weighted by atomic mass is 31.1. The lowest BCUT2D eigenvalue weighted by molar-refractivity contribution is -0.143. The lowest BCUT2D eigenvalue weighted by Gasteiger charge is -2.27. The second kappa shape index (κ2) is 8.23. The summed E-state index contributed by atoms with van der Waals surface area (Å²) in [5, 5.41) is 13.9. The number of amidine groups is 1. The Balaban J connectivity index is 2.15. The Kier molecular flexibility index (Phi) is 6.31. The molecular formula is C17H24N3O2P. The molecule has 0 saturated carbocycles. The molecule has 0 aromatic carbocycles. The topological polar surface area (TPSA) is 64.9 Å². The van der Waals surface area contributed by atoms with Crippen molar-refractivity contribution in [3.05, 3.63) is 46.5 Å². The van der Waals surface area contributed by atoms with Gasteiger partial charge in [-0.15, -0.1) is 0 Å². The van der Waals surface area contributed by atoms with E-state index < -0.39 is 5.91 Å². The second-order valence-corrected chi connectivity index (χ2v) is 6.72. The number of carbonyl (C=O) groups excluding carboxylic acids is 1. The molecule has 23 heavy (non-hydrogen) atoms. The summed E-state index contributed by atoms with van der Waals surface area (Å²) in [5.41, 5.74) is 3.96. The Bertz CT molecular complexity index is 626. The van der Waals surface area contributed by atoms with Crippen LogP contribution in [0, 0.1) is 0 Å². The van der Waals surface area contributed by atoms with E-state index in [1.165, 1.54) is 11.6 Å². The van der Waals surface area contributed by atoms with E-state index in [1.807, 2.05) is 20.8 Å². The van der Waals surface area contributed by atoms with Crippen LogP contribution in [0.3, 0.4) is 0 Å². The van der Waals surface area contributed by atoms with Gasteiger partial charge in [0.25, 0.3) is 5.91 Å². The summed E-state index contributed by atoms with van der Waals surface area (Å²) in [6.07, 6.45) is 7.78. The molecule has 2 rings (SSSR count). The Morgan fingerprint density at radius 2 is 2.26 bits per heavy atom. The maximum absolute atomic E-state index is 12.0. The molecule has 0 radical (unpaired) electrons. The molecule has 2 aliphatic heterocycles. The SMILES string of the molecule is CCN=C1C(=C(C)C)C(NCCC2=CC=CPC2)=CC(=O)N1O. The lowest BCUT2D eigenvalue weighted by atomic mass is 10.0. The highest BCUT2D eigenvalue weighted by Crippen LogP contribution is 2.24. The smallest absolute Gasteiger partial charge is 0.278 e. The van der Waals surface area contributed by atoms with E-state index in [0.29, 0.717) is 17.4 Å². The number of aliphatic imine (C=N–C) groups is 1. The minimum absolute atomic E-state index is 0.323. The molecule has 5 nitrogen and oxygen atoms in total. The summed E-state index contributed by atoms with van der Waals surface area (Å²) in [6.45, 7) is 7.04. The van der Waals surface area contributed by atoms with E-state index >= 15 is 0 Å². The zero-order valence-electron chi connectivity index (χ0n) is 13.9. The summed E-state index contributed by atoms with van der Waals surface area (Å²) >= 11 is 0. The van der Waals surface area contributed by atoms with Crippen molar-refractivity contribution >= 4 is 20.3 Å². The first-order valence-corrected chi connectivity index (χ1v) is 9.12. The average Bonchev–Trinajstić information content (AvgIpc) is 2.53. The third-order valence-corrected chi connectivity index (χ3v) is 4.70. The van der Waals surface area contributed by atoms with Crippen LogP contribution in [0.2, 0.25) is 0 Å². The molecule has 0 aromatic heterocycles. The third kappa shape index (κ3) is 4.40. The van der Waals surface area contributed by atoms with Crippen molar-refractivity contribution in [1.29, 1.82) is 0 Å². The fourth-order valence-electron chi connectivity index (χ4n) is 2.55. The van der Waals surface area contributed by atoms with E-state index in [2.05, 4.69) is 28.3 Å². The van der Waals surface area contributed by atoms with E-state index in [1.54, 1.807) is 0 Å². The van der Waals surface area contributed by atoms with Crippen LogP contribution in [-0.2, 0) is 4.79 Å². The van der Waals surface area contributed by atoms with Crippen molar-refractivity contribution in [3.63, 3.8) is 0 Å². The van der Waals surface area contributed by atoms with Crippen LogP contribution < -0.4 is 5.32 Å². The van der Waals surface area contributed by atoms with Crippen molar-refractivity contribution in [3.8, 4) is 0 Å². The number of hydroxylamine groups is 2. The second-order valence-electron chi connectivity index (χ2n) is 5.62. The van der Waals surface area contributed by atoms with Gasteiger partial charge in [0.15, 0.2) is 5.84 Å². The molecule has 0 bridgehead atoms. The van der Waals surface area contributed by atoms with Crippen molar-refractivity contribution in [1.82, 2.24) is 10.4 Å². The molecular weight excluding hydrogens is 309 g/mol. The van der Waals surface area contributed by atoms with Crippen molar-refractivity contribution in [2.24, 2.45) is 4.99 Å². The summed E-state index contributed by atoms with van der Waals surface area (Å²) in [6, 6.07) is 0. The maximum atomic E-state index is 12.0. The maximum Gasteiger partial charge on any atom is 0.278 e. The third-order valence-electron chi connectivity index (χ3n) is 3.61. The van der Waals surface area contributed by atoms with Crippen LogP contribution in [-0.4, -0.2) is 41.3 Å². The van der Waals surface area contributed by atoms with Gasteiger partial charge in [-0.3, -0.25) is 15.0 Å². The zero-order valence-corrected chi connectivity index (χ0v) is 14.9. The summed E-state index contributed by atoms with van der Waals surface area (Å²) in [4.78, 5) is 16.2. The van der Waals surface area contributed by atoms with Gasteiger partial charge in [0, 0.05) is 24.7 Å². The normalized spacial score (nSPS) is 20.9. The molecule has 0 aliphatic carbocycles. The quantitative estimate of drug-likeness (QED) is 0.600. The highest BCUT2D eigenvalue weighted by molar-refractivity contribution is 7.42. The molecule has 0 spiro atoms. The van der Waals surface area contributed by atoms with Gasteiger partial charge in [-0.1, -0.05) is 37.7 Å². The van der Waals surface area contributed by atoms with Crippen molar-refractivity contribution < 1.29 is 10.0 Å². The molecule has 1 amide bonds. The molecule has 2 heterocycles. The van der Waals surface area contributed by atoms with Gasteiger partial charge in [0.2, 0.25) is 0 Å². The predicted molar refractivity (Wildman–Crippen MR) is 96.1 cm³/mol. The van der Waals surface area contributed by atoms with Crippen LogP contribution in [0.15, 0.2) is 51.5 Å². The molecule has 6 heteroatoms. The standard InChI is InChI=1S/C17H24N3O2P/c1-4-18-17-16(12(2)3)14(10-15(21)20(17)22)19-8-7-13-6-5-9-23-11-13/h5-6,9-10,19,22-23H,4,7-8,11H2,1-3H3. The lowest BCUT2D eigenvalue weighted by Crippen LogP contribution is -2.41. The first-order valence-electron chi connectivity index (χ1n) is 7.83. The number of hydrogen-bond donors (Lipinski definition) is 2. The molecule has 0 saturated heterocycles. The zero-order chi connectivity index (χ0) is 16.8. The largest absolute Gasteiger partial charge is 0.384 e. The number of hydrogen-bond acceptors (Lipinski definition) is 4. The van der Waals surface area contributed by atoms with Crippen molar-refractivity contribution in [2.45, 2.75) is 27.2 Å². The molecule has 2 aliphatic rings. The van der Waals surface area contributed by atoms with E-state index in [4.69, 9.17) is 0 Å². The minimum atomic E-state index is -0.467. The first-order chi connectivity index (χ1) is 11.0. The van der Waals surface area contributed by atoms with Crippen LogP contribution in [0.4, 0.5) is 0 Å². The average molecular weight is 333 g/mol. The number of allylic oxidation sites excluding steroid dienone is 3. The predicted octanol–water partition coefficient (Wildman–Crippen LogP) is 2.97. The fourth-order valence-corrected chi connectivity index (χ4v) is 3.45. The van der Waals surface area contributed by atoms with Gasteiger partial charge in [-0.2, -0.15) is 5.06 Å².